The predicted octanol–water partition coefficient (Wildman–Crippen LogP) is 1.60. The molecule has 0 aliphatic carbocycles. The number of likely N-dealkylation sites (N-methyl/N-ethyl adjacent to an activating group) is 1. The number of carbonyl (C=O) groups is 3. The Hall–Kier alpha value is -2.16. The van der Waals surface area contributed by atoms with Gasteiger partial charge in [0.1, 0.15) is 5.54 Å². The van der Waals surface area contributed by atoms with Crippen LogP contribution in [0.4, 0.5) is 13.6 Å². The highest BCUT2D eigenvalue weighted by Gasteiger charge is 2.51. The van der Waals surface area contributed by atoms with Crippen molar-refractivity contribution in [3.63, 3.8) is 0 Å². The first kappa shape index (κ1) is 17.7. The van der Waals surface area contributed by atoms with E-state index in [4.69, 9.17) is 0 Å². The number of amides is 4. The lowest BCUT2D eigenvalue weighted by Crippen LogP contribution is -2.56. The molecule has 2 aliphatic rings. The van der Waals surface area contributed by atoms with Gasteiger partial charge in [-0.3, -0.25) is 14.5 Å². The molecule has 4 amide bonds. The van der Waals surface area contributed by atoms with Crippen molar-refractivity contribution in [2.75, 3.05) is 25.9 Å². The van der Waals surface area contributed by atoms with Gasteiger partial charge < -0.3 is 10.2 Å². The summed E-state index contributed by atoms with van der Waals surface area (Å²) in [6.45, 7) is 0.716. The van der Waals surface area contributed by atoms with Crippen LogP contribution in [-0.4, -0.2) is 59.1 Å². The minimum Gasteiger partial charge on any atom is -0.342 e. The number of piperidine rings is 1. The number of likely N-dealkylation sites (tertiary alicyclic amines) is 1. The molecule has 6 nitrogen and oxygen atoms in total. The molecule has 0 radical (unpaired) electrons. The lowest BCUT2D eigenvalue weighted by molar-refractivity contribution is -0.136. The van der Waals surface area contributed by atoms with E-state index in [1.807, 2.05) is 0 Å². The van der Waals surface area contributed by atoms with Crippen LogP contribution in [0.25, 0.3) is 0 Å². The molecule has 1 spiro atoms. The molecule has 0 aromatic heterocycles. The van der Waals surface area contributed by atoms with Gasteiger partial charge in [0, 0.05) is 25.0 Å². The number of urea groups is 1. The van der Waals surface area contributed by atoms with Crippen molar-refractivity contribution in [1.82, 2.24) is 15.1 Å². The Balaban J connectivity index is 1.54. The highest BCUT2D eigenvalue weighted by molar-refractivity contribution is 8.00. The van der Waals surface area contributed by atoms with Crippen molar-refractivity contribution in [2.45, 2.75) is 23.3 Å². The van der Waals surface area contributed by atoms with E-state index in [0.29, 0.717) is 30.8 Å². The number of nitrogens with one attached hydrogen (secondary N) is 1. The number of thioether (sulfide) groups is 1. The van der Waals surface area contributed by atoms with Crippen LogP contribution in [0.15, 0.2) is 23.1 Å². The SMILES string of the molecule is CN1C(=O)NC2(CCN(C(=O)CSc3ccc(F)c(F)c3)CC2)C1=O. The first-order valence-electron chi connectivity index (χ1n) is 7.78. The van der Waals surface area contributed by atoms with Gasteiger partial charge in [-0.15, -0.1) is 11.8 Å². The summed E-state index contributed by atoms with van der Waals surface area (Å²) < 4.78 is 26.1. The smallest absolute Gasteiger partial charge is 0.324 e. The Morgan fingerprint density at radius 1 is 1.24 bits per heavy atom. The quantitative estimate of drug-likeness (QED) is 0.649. The van der Waals surface area contributed by atoms with Gasteiger partial charge in [0.2, 0.25) is 5.91 Å². The Bertz CT molecular complexity index is 735. The molecular weight excluding hydrogens is 352 g/mol. The Morgan fingerprint density at radius 3 is 2.48 bits per heavy atom. The van der Waals surface area contributed by atoms with Crippen molar-refractivity contribution in [1.29, 1.82) is 0 Å². The lowest BCUT2D eigenvalue weighted by Gasteiger charge is -2.37. The third kappa shape index (κ3) is 3.33. The van der Waals surface area contributed by atoms with E-state index in [-0.39, 0.29) is 17.6 Å². The molecule has 0 saturated carbocycles. The molecule has 134 valence electrons. The zero-order chi connectivity index (χ0) is 18.2. The van der Waals surface area contributed by atoms with Crippen molar-refractivity contribution < 1.29 is 23.2 Å². The maximum atomic E-state index is 13.2. The zero-order valence-corrected chi connectivity index (χ0v) is 14.4. The topological polar surface area (TPSA) is 69.7 Å². The molecular formula is C16H17F2N3O3S. The molecule has 0 unspecified atom stereocenters. The minimum absolute atomic E-state index is 0.0955. The highest BCUT2D eigenvalue weighted by atomic mass is 32.2. The van der Waals surface area contributed by atoms with Gasteiger partial charge in [-0.2, -0.15) is 0 Å². The van der Waals surface area contributed by atoms with E-state index < -0.39 is 23.2 Å². The molecule has 0 bridgehead atoms. The monoisotopic (exact) mass is 369 g/mol. The Kier molecular flexibility index (Phi) is 4.68. The molecule has 1 aromatic rings. The number of nitrogens with zero attached hydrogens (tertiary/aromatic N) is 2. The van der Waals surface area contributed by atoms with Crippen LogP contribution < -0.4 is 5.32 Å². The highest BCUT2D eigenvalue weighted by Crippen LogP contribution is 2.29. The molecule has 1 aromatic carbocycles. The van der Waals surface area contributed by atoms with Gasteiger partial charge in [-0.25, -0.2) is 13.6 Å². The summed E-state index contributed by atoms with van der Waals surface area (Å²) in [5.41, 5.74) is -0.907. The summed E-state index contributed by atoms with van der Waals surface area (Å²) in [5, 5.41) is 2.71. The molecule has 2 heterocycles. The average molecular weight is 369 g/mol. The van der Waals surface area contributed by atoms with Gasteiger partial charge in [-0.1, -0.05) is 0 Å². The first-order valence-corrected chi connectivity index (χ1v) is 8.77. The van der Waals surface area contributed by atoms with E-state index in [0.717, 1.165) is 28.8 Å². The van der Waals surface area contributed by atoms with Crippen LogP contribution in [0, 0.1) is 11.6 Å². The fourth-order valence-corrected chi connectivity index (χ4v) is 3.86. The van der Waals surface area contributed by atoms with Crippen LogP contribution in [0.3, 0.4) is 0 Å². The van der Waals surface area contributed by atoms with Gasteiger partial charge in [0.15, 0.2) is 11.6 Å². The predicted molar refractivity (Wildman–Crippen MR) is 86.9 cm³/mol. The third-order valence-corrected chi connectivity index (χ3v) is 5.57. The van der Waals surface area contributed by atoms with E-state index in [2.05, 4.69) is 5.32 Å². The minimum atomic E-state index is -0.947. The third-order valence-electron chi connectivity index (χ3n) is 4.59. The fraction of sp³-hybridized carbons (Fsp3) is 0.438. The average Bonchev–Trinajstić information content (AvgIpc) is 2.80. The number of halogens is 2. The maximum Gasteiger partial charge on any atom is 0.324 e. The number of hydrogen-bond donors (Lipinski definition) is 1. The summed E-state index contributed by atoms with van der Waals surface area (Å²) in [6, 6.07) is 3.08. The van der Waals surface area contributed by atoms with E-state index >= 15 is 0 Å². The van der Waals surface area contributed by atoms with Crippen LogP contribution in [0.1, 0.15) is 12.8 Å². The van der Waals surface area contributed by atoms with Crippen molar-refractivity contribution in [3.8, 4) is 0 Å². The van der Waals surface area contributed by atoms with Gasteiger partial charge in [0.25, 0.3) is 5.91 Å². The number of hydrogen-bond acceptors (Lipinski definition) is 4. The number of carbonyl (C=O) groups excluding carboxylic acids is 3. The summed E-state index contributed by atoms with van der Waals surface area (Å²) in [7, 11) is 1.43. The number of imide groups is 1. The van der Waals surface area contributed by atoms with E-state index in [1.165, 1.54) is 13.1 Å². The van der Waals surface area contributed by atoms with Crippen molar-refractivity contribution in [2.24, 2.45) is 0 Å². The number of benzene rings is 1. The van der Waals surface area contributed by atoms with Crippen molar-refractivity contribution in [3.05, 3.63) is 29.8 Å². The maximum absolute atomic E-state index is 13.2. The van der Waals surface area contributed by atoms with E-state index in [9.17, 15) is 23.2 Å². The standard InChI is InChI=1S/C16H17F2N3O3S/c1-20-14(23)16(19-15(20)24)4-6-21(7-5-16)13(22)9-25-10-2-3-11(17)12(18)8-10/h2-3,8H,4-7,9H2,1H3,(H,19,24). The normalized spacial score (nSPS) is 19.5. The van der Waals surface area contributed by atoms with E-state index in [1.54, 1.807) is 4.90 Å². The second-order valence-corrected chi connectivity index (χ2v) is 7.17. The molecule has 3 rings (SSSR count). The summed E-state index contributed by atoms with van der Waals surface area (Å²) >= 11 is 1.13. The Morgan fingerprint density at radius 2 is 1.92 bits per heavy atom. The Labute approximate surface area is 147 Å². The van der Waals surface area contributed by atoms with Gasteiger partial charge in [0.05, 0.1) is 5.75 Å². The van der Waals surface area contributed by atoms with Crippen LogP contribution >= 0.6 is 11.8 Å². The first-order chi connectivity index (χ1) is 11.8. The second-order valence-electron chi connectivity index (χ2n) is 6.12. The van der Waals surface area contributed by atoms with Crippen LogP contribution in [-0.2, 0) is 9.59 Å². The fourth-order valence-electron chi connectivity index (χ4n) is 3.03. The summed E-state index contributed by atoms with van der Waals surface area (Å²) in [4.78, 5) is 39.3. The largest absolute Gasteiger partial charge is 0.342 e. The molecule has 2 fully saturated rings. The van der Waals surface area contributed by atoms with Crippen molar-refractivity contribution >= 4 is 29.6 Å². The zero-order valence-electron chi connectivity index (χ0n) is 13.6. The lowest BCUT2D eigenvalue weighted by atomic mass is 9.87. The molecule has 0 atom stereocenters. The molecule has 2 saturated heterocycles. The summed E-state index contributed by atoms with van der Waals surface area (Å²) in [6.07, 6.45) is 0.729. The van der Waals surface area contributed by atoms with Crippen LogP contribution in [0.5, 0.6) is 0 Å². The molecule has 2 aliphatic heterocycles. The molecule has 1 N–H and O–H groups in total. The molecule has 9 heteroatoms. The van der Waals surface area contributed by atoms with Gasteiger partial charge in [-0.05, 0) is 31.0 Å². The molecule has 25 heavy (non-hydrogen) atoms. The second kappa shape index (κ2) is 6.62. The van der Waals surface area contributed by atoms with Crippen LogP contribution in [0.2, 0.25) is 0 Å². The van der Waals surface area contributed by atoms with Gasteiger partial charge >= 0.3 is 6.03 Å². The summed E-state index contributed by atoms with van der Waals surface area (Å²) in [5.74, 6) is -2.18. The number of rotatable bonds is 3.